The van der Waals surface area contributed by atoms with E-state index in [0.29, 0.717) is 31.6 Å². The molecule has 1 aromatic carbocycles. The quantitative estimate of drug-likeness (QED) is 0.669. The first-order valence-electron chi connectivity index (χ1n) is 6.49. The second kappa shape index (κ2) is 6.27. The molecule has 2 rings (SSSR count). The van der Waals surface area contributed by atoms with Crippen molar-refractivity contribution in [1.29, 1.82) is 0 Å². The highest BCUT2D eigenvalue weighted by Crippen LogP contribution is 2.34. The van der Waals surface area contributed by atoms with Gasteiger partial charge < -0.3 is 5.32 Å². The molecule has 0 atom stereocenters. The number of aryl methyl sites for hydroxylation is 1. The smallest absolute Gasteiger partial charge is 0.289 e. The Morgan fingerprint density at radius 3 is 2.71 bits per heavy atom. The Bertz CT molecular complexity index is 655. The average Bonchev–Trinajstić information content (AvgIpc) is 2.70. The Morgan fingerprint density at radius 1 is 1.33 bits per heavy atom. The van der Waals surface area contributed by atoms with E-state index in [1.807, 2.05) is 0 Å². The topological polar surface area (TPSA) is 92.5 Å². The summed E-state index contributed by atoms with van der Waals surface area (Å²) in [5, 5.41) is 13.8. The van der Waals surface area contributed by atoms with E-state index in [2.05, 4.69) is 5.32 Å². The minimum absolute atomic E-state index is 0.197. The van der Waals surface area contributed by atoms with Gasteiger partial charge in [0.25, 0.3) is 5.69 Å². The Balaban J connectivity index is 2.51. The van der Waals surface area contributed by atoms with Crippen molar-refractivity contribution in [3.63, 3.8) is 0 Å². The Hall–Kier alpha value is -1.22. The number of halogens is 1. The third-order valence-corrected chi connectivity index (χ3v) is 5.71. The van der Waals surface area contributed by atoms with Crippen molar-refractivity contribution in [1.82, 2.24) is 9.62 Å². The maximum absolute atomic E-state index is 12.7. The molecule has 116 valence electrons. The van der Waals surface area contributed by atoms with Crippen LogP contribution in [0.25, 0.3) is 0 Å². The van der Waals surface area contributed by atoms with E-state index >= 15 is 0 Å². The van der Waals surface area contributed by atoms with Crippen LogP contribution in [-0.4, -0.2) is 43.8 Å². The van der Waals surface area contributed by atoms with E-state index in [1.165, 1.54) is 16.4 Å². The van der Waals surface area contributed by atoms with Gasteiger partial charge in [0, 0.05) is 25.7 Å². The van der Waals surface area contributed by atoms with Gasteiger partial charge in [-0.05, 0) is 31.5 Å². The van der Waals surface area contributed by atoms with Crippen LogP contribution in [0.3, 0.4) is 0 Å². The number of nitrogens with zero attached hydrogens (tertiary/aromatic N) is 2. The number of hydrogen-bond acceptors (Lipinski definition) is 5. The first kappa shape index (κ1) is 16.2. The zero-order chi connectivity index (χ0) is 15.6. The number of nitro groups is 1. The van der Waals surface area contributed by atoms with E-state index < -0.39 is 14.9 Å². The van der Waals surface area contributed by atoms with Gasteiger partial charge in [-0.2, -0.15) is 4.31 Å². The van der Waals surface area contributed by atoms with Gasteiger partial charge in [-0.1, -0.05) is 11.6 Å². The number of hydrogen-bond donors (Lipinski definition) is 1. The molecule has 0 unspecified atom stereocenters. The minimum atomic E-state index is -3.84. The van der Waals surface area contributed by atoms with Crippen LogP contribution in [-0.2, 0) is 10.0 Å². The highest BCUT2D eigenvalue weighted by Gasteiger charge is 2.31. The third-order valence-electron chi connectivity index (χ3n) is 3.28. The van der Waals surface area contributed by atoms with Crippen LogP contribution in [0, 0.1) is 17.0 Å². The molecular weight excluding hydrogens is 318 g/mol. The summed E-state index contributed by atoms with van der Waals surface area (Å²) < 4.78 is 26.7. The van der Waals surface area contributed by atoms with Crippen molar-refractivity contribution in [2.45, 2.75) is 18.2 Å². The Labute approximate surface area is 128 Å². The lowest BCUT2D eigenvalue weighted by atomic mass is 10.2. The van der Waals surface area contributed by atoms with E-state index in [-0.39, 0.29) is 15.6 Å². The Kier molecular flexibility index (Phi) is 4.82. The molecule has 1 saturated heterocycles. The molecule has 0 saturated carbocycles. The molecule has 7 nitrogen and oxygen atoms in total. The lowest BCUT2D eigenvalue weighted by Crippen LogP contribution is -2.34. The maximum atomic E-state index is 12.7. The van der Waals surface area contributed by atoms with Gasteiger partial charge in [0.2, 0.25) is 10.0 Å². The van der Waals surface area contributed by atoms with Gasteiger partial charge in [-0.15, -0.1) is 0 Å². The molecule has 0 bridgehead atoms. The highest BCUT2D eigenvalue weighted by atomic mass is 35.5. The normalized spacial score (nSPS) is 17.4. The second-order valence-corrected chi connectivity index (χ2v) is 7.15. The molecular formula is C12H16ClN3O4S. The van der Waals surface area contributed by atoms with Crippen molar-refractivity contribution >= 4 is 27.3 Å². The largest absolute Gasteiger partial charge is 0.315 e. The van der Waals surface area contributed by atoms with Crippen molar-refractivity contribution in [3.05, 3.63) is 32.8 Å². The van der Waals surface area contributed by atoms with Crippen LogP contribution in [0.2, 0.25) is 5.02 Å². The lowest BCUT2D eigenvalue weighted by molar-refractivity contribution is -0.385. The third kappa shape index (κ3) is 3.34. The fourth-order valence-corrected chi connectivity index (χ4v) is 4.35. The zero-order valence-electron chi connectivity index (χ0n) is 11.5. The summed E-state index contributed by atoms with van der Waals surface area (Å²) in [7, 11) is -3.84. The molecule has 1 aromatic rings. The first-order chi connectivity index (χ1) is 9.84. The van der Waals surface area contributed by atoms with Gasteiger partial charge >= 0.3 is 0 Å². The molecule has 9 heteroatoms. The summed E-state index contributed by atoms with van der Waals surface area (Å²) in [4.78, 5) is 10.1. The van der Waals surface area contributed by atoms with E-state index in [9.17, 15) is 18.5 Å². The summed E-state index contributed by atoms with van der Waals surface area (Å²) in [5.41, 5.74) is 0.0980. The summed E-state index contributed by atoms with van der Waals surface area (Å²) in [5.74, 6) is 0. The van der Waals surface area contributed by atoms with Crippen molar-refractivity contribution < 1.29 is 13.3 Å². The molecule has 0 aromatic heterocycles. The predicted octanol–water partition coefficient (Wildman–Crippen LogP) is 1.54. The highest BCUT2D eigenvalue weighted by molar-refractivity contribution is 7.89. The van der Waals surface area contributed by atoms with Gasteiger partial charge in [-0.25, -0.2) is 8.42 Å². The van der Waals surface area contributed by atoms with Crippen LogP contribution in [0.1, 0.15) is 12.0 Å². The van der Waals surface area contributed by atoms with Crippen LogP contribution >= 0.6 is 11.6 Å². The molecule has 0 aliphatic carbocycles. The van der Waals surface area contributed by atoms with Crippen LogP contribution in [0.15, 0.2) is 17.0 Å². The molecule has 0 amide bonds. The van der Waals surface area contributed by atoms with E-state index in [0.717, 1.165) is 6.54 Å². The summed E-state index contributed by atoms with van der Waals surface area (Å²) in [6, 6.07) is 2.65. The number of sulfonamides is 1. The fraction of sp³-hybridized carbons (Fsp3) is 0.500. The minimum Gasteiger partial charge on any atom is -0.315 e. The fourth-order valence-electron chi connectivity index (χ4n) is 2.24. The zero-order valence-corrected chi connectivity index (χ0v) is 13.1. The van der Waals surface area contributed by atoms with Gasteiger partial charge in [0.15, 0.2) is 0 Å². The molecule has 1 heterocycles. The van der Waals surface area contributed by atoms with Crippen LogP contribution < -0.4 is 5.32 Å². The SMILES string of the molecule is Cc1cc([N+](=O)[O-])c(Cl)c(S(=O)(=O)N2CCCNCC2)c1. The predicted molar refractivity (Wildman–Crippen MR) is 79.1 cm³/mol. The van der Waals surface area contributed by atoms with E-state index in [4.69, 9.17) is 11.6 Å². The van der Waals surface area contributed by atoms with Crippen molar-refractivity contribution in [2.24, 2.45) is 0 Å². The molecule has 1 aliphatic rings. The maximum Gasteiger partial charge on any atom is 0.289 e. The number of nitrogens with one attached hydrogen (secondary N) is 1. The van der Waals surface area contributed by atoms with Crippen molar-refractivity contribution in [3.8, 4) is 0 Å². The second-order valence-electron chi connectivity index (χ2n) is 4.86. The van der Waals surface area contributed by atoms with Gasteiger partial charge in [0.1, 0.15) is 9.92 Å². The summed E-state index contributed by atoms with van der Waals surface area (Å²) in [6.45, 7) is 3.58. The molecule has 1 aliphatic heterocycles. The Morgan fingerprint density at radius 2 is 2.05 bits per heavy atom. The van der Waals surface area contributed by atoms with Gasteiger partial charge in [-0.3, -0.25) is 10.1 Å². The summed E-state index contributed by atoms with van der Waals surface area (Å²) in [6.07, 6.45) is 0.685. The molecule has 0 radical (unpaired) electrons. The number of nitro benzene ring substituents is 1. The molecule has 1 N–H and O–H groups in total. The van der Waals surface area contributed by atoms with E-state index in [1.54, 1.807) is 6.92 Å². The number of rotatable bonds is 3. The average molecular weight is 334 g/mol. The van der Waals surface area contributed by atoms with Crippen molar-refractivity contribution in [2.75, 3.05) is 26.2 Å². The standard InChI is InChI=1S/C12H16ClN3O4S/c1-9-7-10(16(17)18)12(13)11(8-9)21(19,20)15-5-2-3-14-4-6-15/h7-8,14H,2-6H2,1H3. The molecule has 21 heavy (non-hydrogen) atoms. The molecule has 1 fully saturated rings. The number of benzene rings is 1. The first-order valence-corrected chi connectivity index (χ1v) is 8.31. The summed E-state index contributed by atoms with van der Waals surface area (Å²) >= 11 is 5.96. The van der Waals surface area contributed by atoms with Crippen LogP contribution in [0.5, 0.6) is 0 Å². The monoisotopic (exact) mass is 333 g/mol. The van der Waals surface area contributed by atoms with Gasteiger partial charge in [0.05, 0.1) is 4.92 Å². The lowest BCUT2D eigenvalue weighted by Gasteiger charge is -2.20. The molecule has 0 spiro atoms. The van der Waals surface area contributed by atoms with Crippen LogP contribution in [0.4, 0.5) is 5.69 Å².